The van der Waals surface area contributed by atoms with Gasteiger partial charge in [-0.15, -0.1) is 0 Å². The lowest BCUT2D eigenvalue weighted by atomic mass is 10.2. The summed E-state index contributed by atoms with van der Waals surface area (Å²) in [6, 6.07) is 23.4. The number of primary amides is 1. The number of carbonyl (C=O) groups is 1. The maximum absolute atomic E-state index is 13.0. The fraction of sp³-hybridized carbons (Fsp3) is 0.167. The molecule has 1 amide bonds. The van der Waals surface area contributed by atoms with Crippen LogP contribution in [0.2, 0.25) is 0 Å². The van der Waals surface area contributed by atoms with Crippen LogP contribution in [0.4, 0.5) is 5.69 Å². The fourth-order valence-electron chi connectivity index (χ4n) is 3.55. The smallest absolute Gasteiger partial charge is 0.257 e. The summed E-state index contributed by atoms with van der Waals surface area (Å²) in [6.07, 6.45) is 1.77. The Hall–Kier alpha value is -3.45. The summed E-state index contributed by atoms with van der Waals surface area (Å²) in [5.41, 5.74) is 8.84. The third-order valence-corrected chi connectivity index (χ3v) is 6.62. The van der Waals surface area contributed by atoms with Crippen LogP contribution in [0.5, 0.6) is 0 Å². The minimum absolute atomic E-state index is 0.146. The number of rotatable bonds is 7. The highest BCUT2D eigenvalue weighted by molar-refractivity contribution is 8.04. The zero-order valence-electron chi connectivity index (χ0n) is 17.2. The molecule has 1 aliphatic rings. The molecule has 6 nitrogen and oxygen atoms in total. The van der Waals surface area contributed by atoms with Crippen LogP contribution >= 0.6 is 11.8 Å². The van der Waals surface area contributed by atoms with Gasteiger partial charge in [0.1, 0.15) is 0 Å². The Kier molecular flexibility index (Phi) is 6.13. The first kappa shape index (κ1) is 20.8. The standard InChI is InChI=1S/C24H24N4O2S/c1-17-22(23(25)30)31-24(28(17)16-19-10-6-3-7-11-19)27-13-12-20(14-21(27)29)26-15-18-8-4-2-5-9-18/h2-14,24,26H,15-16H2,1H3,(H2,25,30). The normalized spacial score (nSPS) is 15.9. The van der Waals surface area contributed by atoms with Crippen molar-refractivity contribution in [3.05, 3.63) is 111 Å². The van der Waals surface area contributed by atoms with Gasteiger partial charge in [0.15, 0.2) is 5.50 Å². The summed E-state index contributed by atoms with van der Waals surface area (Å²) < 4.78 is 1.64. The van der Waals surface area contributed by atoms with Crippen LogP contribution in [0, 0.1) is 0 Å². The first-order valence-electron chi connectivity index (χ1n) is 10.0. The molecule has 0 bridgehead atoms. The van der Waals surface area contributed by atoms with Gasteiger partial charge in [0.05, 0.1) is 4.91 Å². The van der Waals surface area contributed by atoms with Crippen molar-refractivity contribution in [1.29, 1.82) is 0 Å². The van der Waals surface area contributed by atoms with E-state index >= 15 is 0 Å². The highest BCUT2D eigenvalue weighted by Gasteiger charge is 2.34. The second kappa shape index (κ2) is 9.14. The van der Waals surface area contributed by atoms with Gasteiger partial charge in [-0.05, 0) is 24.1 Å². The molecule has 1 unspecified atom stereocenters. The van der Waals surface area contributed by atoms with Crippen molar-refractivity contribution in [3.63, 3.8) is 0 Å². The van der Waals surface area contributed by atoms with Gasteiger partial charge in [-0.25, -0.2) is 0 Å². The second-order valence-corrected chi connectivity index (χ2v) is 8.40. The lowest BCUT2D eigenvalue weighted by molar-refractivity contribution is -0.114. The molecule has 2 aromatic carbocycles. The van der Waals surface area contributed by atoms with Crippen LogP contribution in [-0.4, -0.2) is 15.4 Å². The Morgan fingerprint density at radius 3 is 2.29 bits per heavy atom. The van der Waals surface area contributed by atoms with Gasteiger partial charge in [-0.2, -0.15) is 0 Å². The minimum Gasteiger partial charge on any atom is -0.381 e. The van der Waals surface area contributed by atoms with Crippen LogP contribution in [0.3, 0.4) is 0 Å². The van der Waals surface area contributed by atoms with E-state index in [1.165, 1.54) is 11.8 Å². The van der Waals surface area contributed by atoms with Gasteiger partial charge in [-0.1, -0.05) is 72.4 Å². The molecule has 0 saturated carbocycles. The van der Waals surface area contributed by atoms with Crippen LogP contribution in [-0.2, 0) is 17.9 Å². The number of thioether (sulfide) groups is 1. The molecule has 158 valence electrons. The van der Waals surface area contributed by atoms with Gasteiger partial charge < -0.3 is 16.0 Å². The molecule has 0 spiro atoms. The summed E-state index contributed by atoms with van der Waals surface area (Å²) in [4.78, 5) is 27.5. The predicted octanol–water partition coefficient (Wildman–Crippen LogP) is 3.88. The predicted molar refractivity (Wildman–Crippen MR) is 125 cm³/mol. The zero-order valence-corrected chi connectivity index (χ0v) is 18.0. The molecular weight excluding hydrogens is 408 g/mol. The molecule has 7 heteroatoms. The molecule has 3 N–H and O–H groups in total. The van der Waals surface area contributed by atoms with Crippen molar-refractivity contribution in [2.45, 2.75) is 25.5 Å². The molecule has 2 heterocycles. The topological polar surface area (TPSA) is 80.4 Å². The molecule has 0 saturated heterocycles. The van der Waals surface area contributed by atoms with E-state index in [-0.39, 0.29) is 11.1 Å². The van der Waals surface area contributed by atoms with E-state index in [1.807, 2.05) is 78.6 Å². The third kappa shape index (κ3) is 4.67. The van der Waals surface area contributed by atoms with Crippen molar-refractivity contribution < 1.29 is 4.79 Å². The fourth-order valence-corrected chi connectivity index (χ4v) is 4.82. The third-order valence-electron chi connectivity index (χ3n) is 5.19. The number of hydrogen-bond donors (Lipinski definition) is 2. The molecule has 1 aromatic heterocycles. The number of nitrogens with zero attached hydrogens (tertiary/aromatic N) is 2. The highest BCUT2D eigenvalue weighted by atomic mass is 32.2. The van der Waals surface area contributed by atoms with Crippen LogP contribution in [0.25, 0.3) is 0 Å². The first-order chi connectivity index (χ1) is 15.0. The Labute approximate surface area is 185 Å². The second-order valence-electron chi connectivity index (χ2n) is 7.34. The van der Waals surface area contributed by atoms with E-state index in [2.05, 4.69) is 5.32 Å². The Morgan fingerprint density at radius 2 is 1.68 bits per heavy atom. The summed E-state index contributed by atoms with van der Waals surface area (Å²) in [5.74, 6) is -0.475. The van der Waals surface area contributed by atoms with Crippen molar-refractivity contribution in [2.24, 2.45) is 5.73 Å². The average molecular weight is 433 g/mol. The SMILES string of the molecule is CC1=C(C(N)=O)SC(n2ccc(NCc3ccccc3)cc2=O)N1Cc1ccccc1. The van der Waals surface area contributed by atoms with Crippen molar-refractivity contribution in [3.8, 4) is 0 Å². The van der Waals surface area contributed by atoms with Gasteiger partial charge in [0, 0.05) is 36.7 Å². The van der Waals surface area contributed by atoms with Gasteiger partial charge in [-0.3, -0.25) is 14.2 Å². The van der Waals surface area contributed by atoms with E-state index in [4.69, 9.17) is 5.73 Å². The number of anilines is 1. The van der Waals surface area contributed by atoms with E-state index in [0.717, 1.165) is 22.5 Å². The van der Waals surface area contributed by atoms with Crippen molar-refractivity contribution >= 4 is 23.4 Å². The number of amides is 1. The van der Waals surface area contributed by atoms with Gasteiger partial charge in [0.2, 0.25) is 0 Å². The number of nitrogens with one attached hydrogen (secondary N) is 1. The molecule has 1 atom stereocenters. The summed E-state index contributed by atoms with van der Waals surface area (Å²) in [6.45, 7) is 3.08. The van der Waals surface area contributed by atoms with Gasteiger partial charge >= 0.3 is 0 Å². The molecule has 0 aliphatic carbocycles. The van der Waals surface area contributed by atoms with Crippen molar-refractivity contribution in [2.75, 3.05) is 5.32 Å². The first-order valence-corrected chi connectivity index (χ1v) is 10.9. The number of benzene rings is 2. The summed E-state index contributed by atoms with van der Waals surface area (Å²) in [5, 5.41) is 3.29. The van der Waals surface area contributed by atoms with Crippen LogP contribution in [0.15, 0.2) is 94.4 Å². The number of hydrogen-bond acceptors (Lipinski definition) is 5. The Bertz CT molecular complexity index is 1160. The molecule has 4 rings (SSSR count). The number of pyridine rings is 1. The molecule has 31 heavy (non-hydrogen) atoms. The van der Waals surface area contributed by atoms with Gasteiger partial charge in [0.25, 0.3) is 11.5 Å². The van der Waals surface area contributed by atoms with E-state index in [9.17, 15) is 9.59 Å². The van der Waals surface area contributed by atoms with Crippen LogP contribution < -0.4 is 16.6 Å². The number of aromatic nitrogens is 1. The quantitative estimate of drug-likeness (QED) is 0.592. The number of carbonyl (C=O) groups excluding carboxylic acids is 1. The zero-order chi connectivity index (χ0) is 21.8. The van der Waals surface area contributed by atoms with E-state index in [0.29, 0.717) is 18.0 Å². The summed E-state index contributed by atoms with van der Waals surface area (Å²) in [7, 11) is 0. The van der Waals surface area contributed by atoms with E-state index < -0.39 is 5.91 Å². The largest absolute Gasteiger partial charge is 0.381 e. The molecular formula is C24H24N4O2S. The minimum atomic E-state index is -0.475. The average Bonchev–Trinajstić information content (AvgIpc) is 3.10. The maximum atomic E-state index is 13.0. The number of nitrogens with two attached hydrogens (primary N) is 1. The lowest BCUT2D eigenvalue weighted by Gasteiger charge is -2.29. The molecule has 3 aromatic rings. The molecule has 0 fully saturated rings. The monoisotopic (exact) mass is 432 g/mol. The Balaban J connectivity index is 1.57. The summed E-state index contributed by atoms with van der Waals surface area (Å²) >= 11 is 1.31. The highest BCUT2D eigenvalue weighted by Crippen LogP contribution is 2.44. The van der Waals surface area contributed by atoms with Crippen LogP contribution in [0.1, 0.15) is 23.5 Å². The van der Waals surface area contributed by atoms with Crippen molar-refractivity contribution in [1.82, 2.24) is 9.47 Å². The lowest BCUT2D eigenvalue weighted by Crippen LogP contribution is -2.32. The Morgan fingerprint density at radius 1 is 1.03 bits per heavy atom. The number of allylic oxidation sites excluding steroid dienone is 1. The van der Waals surface area contributed by atoms with E-state index in [1.54, 1.807) is 16.8 Å². The maximum Gasteiger partial charge on any atom is 0.257 e. The molecule has 0 radical (unpaired) electrons. The molecule has 1 aliphatic heterocycles.